The van der Waals surface area contributed by atoms with E-state index in [0.29, 0.717) is 6.42 Å². The van der Waals surface area contributed by atoms with E-state index in [1.807, 2.05) is 20.8 Å². The maximum Gasteiger partial charge on any atom is 0.306 e. The number of hydrogen-bond donors (Lipinski definition) is 1. The van der Waals surface area contributed by atoms with Crippen molar-refractivity contribution in [2.45, 2.75) is 129 Å². The SMILES string of the molecule is CC(O)CCCCCCCCCCCCCCCC(=O)OC(C)C. The van der Waals surface area contributed by atoms with Crippen molar-refractivity contribution in [2.75, 3.05) is 0 Å². The molecular weight excluding hydrogens is 300 g/mol. The number of carbonyl (C=O) groups excluding carboxylic acids is 1. The van der Waals surface area contributed by atoms with Crippen molar-refractivity contribution in [3.63, 3.8) is 0 Å². The Morgan fingerprint density at radius 3 is 1.46 bits per heavy atom. The van der Waals surface area contributed by atoms with Gasteiger partial charge in [-0.15, -0.1) is 0 Å². The van der Waals surface area contributed by atoms with Crippen LogP contribution in [0.4, 0.5) is 0 Å². The fraction of sp³-hybridized carbons (Fsp3) is 0.952. The van der Waals surface area contributed by atoms with Gasteiger partial charge in [-0.3, -0.25) is 4.79 Å². The first-order valence-electron chi connectivity index (χ1n) is 10.4. The number of rotatable bonds is 17. The van der Waals surface area contributed by atoms with E-state index < -0.39 is 0 Å². The first-order valence-corrected chi connectivity index (χ1v) is 10.4. The van der Waals surface area contributed by atoms with Crippen LogP contribution < -0.4 is 0 Å². The molecule has 24 heavy (non-hydrogen) atoms. The van der Waals surface area contributed by atoms with Crippen molar-refractivity contribution in [1.29, 1.82) is 0 Å². The summed E-state index contributed by atoms with van der Waals surface area (Å²) in [7, 11) is 0. The molecule has 0 saturated heterocycles. The highest BCUT2D eigenvalue weighted by Crippen LogP contribution is 2.14. The van der Waals surface area contributed by atoms with Gasteiger partial charge in [0.25, 0.3) is 0 Å². The summed E-state index contributed by atoms with van der Waals surface area (Å²) < 4.78 is 5.12. The molecule has 0 spiro atoms. The van der Waals surface area contributed by atoms with Crippen LogP contribution in [0.5, 0.6) is 0 Å². The highest BCUT2D eigenvalue weighted by atomic mass is 16.5. The molecule has 1 atom stereocenters. The van der Waals surface area contributed by atoms with Gasteiger partial charge in [-0.25, -0.2) is 0 Å². The van der Waals surface area contributed by atoms with E-state index in [-0.39, 0.29) is 18.2 Å². The second-order valence-electron chi connectivity index (χ2n) is 7.52. The van der Waals surface area contributed by atoms with E-state index in [9.17, 15) is 9.90 Å². The second kappa shape index (κ2) is 17.3. The summed E-state index contributed by atoms with van der Waals surface area (Å²) >= 11 is 0. The number of carbonyl (C=O) groups is 1. The van der Waals surface area contributed by atoms with Gasteiger partial charge in [-0.2, -0.15) is 0 Å². The van der Waals surface area contributed by atoms with E-state index in [0.717, 1.165) is 19.3 Å². The Morgan fingerprint density at radius 1 is 0.708 bits per heavy atom. The topological polar surface area (TPSA) is 46.5 Å². The average Bonchev–Trinajstić information content (AvgIpc) is 2.50. The van der Waals surface area contributed by atoms with Crippen molar-refractivity contribution < 1.29 is 14.6 Å². The van der Waals surface area contributed by atoms with E-state index in [2.05, 4.69) is 0 Å². The molecule has 3 nitrogen and oxygen atoms in total. The lowest BCUT2D eigenvalue weighted by Crippen LogP contribution is -2.10. The van der Waals surface area contributed by atoms with Crippen LogP contribution in [-0.2, 0) is 9.53 Å². The Labute approximate surface area is 150 Å². The maximum atomic E-state index is 11.4. The Morgan fingerprint density at radius 2 is 1.08 bits per heavy atom. The molecule has 0 aliphatic rings. The monoisotopic (exact) mass is 342 g/mol. The summed E-state index contributed by atoms with van der Waals surface area (Å²) in [5, 5.41) is 9.18. The predicted molar refractivity (Wildman–Crippen MR) is 102 cm³/mol. The standard InChI is InChI=1S/C21H42O3/c1-19(2)24-21(23)18-16-14-12-10-8-6-4-5-7-9-11-13-15-17-20(3)22/h19-20,22H,4-18H2,1-3H3. The van der Waals surface area contributed by atoms with Gasteiger partial charge in [0, 0.05) is 6.42 Å². The molecule has 1 unspecified atom stereocenters. The molecule has 1 N–H and O–H groups in total. The average molecular weight is 343 g/mol. The van der Waals surface area contributed by atoms with Crippen molar-refractivity contribution in [3.8, 4) is 0 Å². The number of aliphatic hydroxyl groups excluding tert-OH is 1. The fourth-order valence-corrected chi connectivity index (χ4v) is 2.98. The highest BCUT2D eigenvalue weighted by molar-refractivity contribution is 5.69. The summed E-state index contributed by atoms with van der Waals surface area (Å²) in [5.41, 5.74) is 0. The van der Waals surface area contributed by atoms with Crippen molar-refractivity contribution >= 4 is 5.97 Å². The van der Waals surface area contributed by atoms with Gasteiger partial charge in [0.1, 0.15) is 0 Å². The molecule has 0 radical (unpaired) electrons. The zero-order chi connectivity index (χ0) is 18.0. The number of esters is 1. The van der Waals surface area contributed by atoms with Gasteiger partial charge in [-0.1, -0.05) is 77.0 Å². The molecular formula is C21H42O3. The van der Waals surface area contributed by atoms with E-state index >= 15 is 0 Å². The van der Waals surface area contributed by atoms with Gasteiger partial charge < -0.3 is 9.84 Å². The fourth-order valence-electron chi connectivity index (χ4n) is 2.98. The minimum atomic E-state index is -0.126. The first kappa shape index (κ1) is 23.4. The largest absolute Gasteiger partial charge is 0.463 e. The van der Waals surface area contributed by atoms with Gasteiger partial charge in [0.05, 0.1) is 12.2 Å². The normalized spacial score (nSPS) is 12.5. The van der Waals surface area contributed by atoms with Crippen LogP contribution in [0.2, 0.25) is 0 Å². The minimum absolute atomic E-state index is 0.0155. The van der Waals surface area contributed by atoms with E-state index in [1.54, 1.807) is 0 Å². The third-order valence-corrected chi connectivity index (χ3v) is 4.37. The molecule has 0 aliphatic heterocycles. The van der Waals surface area contributed by atoms with Crippen LogP contribution in [0.1, 0.15) is 117 Å². The third-order valence-electron chi connectivity index (χ3n) is 4.37. The zero-order valence-electron chi connectivity index (χ0n) is 16.5. The number of aliphatic hydroxyl groups is 1. The van der Waals surface area contributed by atoms with Crippen LogP contribution in [0, 0.1) is 0 Å². The minimum Gasteiger partial charge on any atom is -0.463 e. The molecule has 0 aliphatic carbocycles. The molecule has 0 rings (SSSR count). The van der Waals surface area contributed by atoms with Crippen molar-refractivity contribution in [1.82, 2.24) is 0 Å². The smallest absolute Gasteiger partial charge is 0.306 e. The maximum absolute atomic E-state index is 11.4. The van der Waals surface area contributed by atoms with Crippen molar-refractivity contribution in [3.05, 3.63) is 0 Å². The second-order valence-corrected chi connectivity index (χ2v) is 7.52. The first-order chi connectivity index (χ1) is 11.5. The molecule has 0 amide bonds. The van der Waals surface area contributed by atoms with Crippen LogP contribution in [0.25, 0.3) is 0 Å². The molecule has 0 aromatic rings. The summed E-state index contributed by atoms with van der Waals surface area (Å²) in [6, 6.07) is 0. The molecule has 0 bridgehead atoms. The molecule has 3 heteroatoms. The zero-order valence-corrected chi connectivity index (χ0v) is 16.5. The quantitative estimate of drug-likeness (QED) is 0.254. The number of unbranched alkanes of at least 4 members (excludes halogenated alkanes) is 12. The van der Waals surface area contributed by atoms with Gasteiger partial charge in [-0.05, 0) is 33.6 Å². The molecule has 0 saturated carbocycles. The Bertz CT molecular complexity index is 274. The predicted octanol–water partition coefficient (Wildman–Crippen LogP) is 6.17. The lowest BCUT2D eigenvalue weighted by Gasteiger charge is -2.07. The Balaban J connectivity index is 3.09. The summed E-state index contributed by atoms with van der Waals surface area (Å²) in [6.07, 6.45) is 18.0. The molecule has 0 aromatic carbocycles. The highest BCUT2D eigenvalue weighted by Gasteiger charge is 2.04. The Hall–Kier alpha value is -0.570. The molecule has 144 valence electrons. The van der Waals surface area contributed by atoms with Gasteiger partial charge >= 0.3 is 5.97 Å². The van der Waals surface area contributed by atoms with Crippen LogP contribution >= 0.6 is 0 Å². The summed E-state index contributed by atoms with van der Waals surface area (Å²) in [5.74, 6) is -0.0455. The Kier molecular flexibility index (Phi) is 16.8. The van der Waals surface area contributed by atoms with Gasteiger partial charge in [0.15, 0.2) is 0 Å². The van der Waals surface area contributed by atoms with Crippen LogP contribution in [0.15, 0.2) is 0 Å². The summed E-state index contributed by atoms with van der Waals surface area (Å²) in [6.45, 7) is 5.67. The third kappa shape index (κ3) is 19.5. The van der Waals surface area contributed by atoms with E-state index in [4.69, 9.17) is 4.74 Å². The molecule has 0 fully saturated rings. The lowest BCUT2D eigenvalue weighted by atomic mass is 10.0. The van der Waals surface area contributed by atoms with Crippen LogP contribution in [-0.4, -0.2) is 23.3 Å². The molecule has 0 heterocycles. The summed E-state index contributed by atoms with van der Waals surface area (Å²) in [4.78, 5) is 11.4. The van der Waals surface area contributed by atoms with Crippen molar-refractivity contribution in [2.24, 2.45) is 0 Å². The van der Waals surface area contributed by atoms with Gasteiger partial charge in [0.2, 0.25) is 0 Å². The van der Waals surface area contributed by atoms with E-state index in [1.165, 1.54) is 70.6 Å². The number of hydrogen-bond acceptors (Lipinski definition) is 3. The number of ether oxygens (including phenoxy) is 1. The molecule has 0 aromatic heterocycles. The van der Waals surface area contributed by atoms with Crippen LogP contribution in [0.3, 0.4) is 0 Å². The lowest BCUT2D eigenvalue weighted by molar-refractivity contribution is -0.147.